The number of hydrogen-bond donors (Lipinski definition) is 1. The monoisotopic (exact) mass is 586 g/mol. The molecule has 11 heteroatoms. The number of likely N-dealkylation sites (N-methyl/N-ethyl adjacent to an activating group) is 1. The normalized spacial score (nSPS) is 11.6. The van der Waals surface area contributed by atoms with E-state index >= 15 is 0 Å². The maximum atomic E-state index is 13.9. The van der Waals surface area contributed by atoms with Gasteiger partial charge in [-0.1, -0.05) is 60.5 Å². The van der Waals surface area contributed by atoms with Gasteiger partial charge in [0.15, 0.2) is 5.13 Å². The van der Waals surface area contributed by atoms with E-state index in [9.17, 15) is 13.2 Å². The molecule has 0 radical (unpaired) electrons. The Hall–Kier alpha value is -3.18. The van der Waals surface area contributed by atoms with E-state index in [2.05, 4.69) is 23.5 Å². The molecule has 0 unspecified atom stereocenters. The Kier molecular flexibility index (Phi) is 9.12. The van der Waals surface area contributed by atoms with Gasteiger partial charge in [0, 0.05) is 24.3 Å². The lowest BCUT2D eigenvalue weighted by atomic mass is 10.2. The lowest BCUT2D eigenvalue weighted by Crippen LogP contribution is -2.38. The molecule has 1 aromatic heterocycles. The number of anilines is 2. The first-order valence-corrected chi connectivity index (χ1v) is 15.2. The van der Waals surface area contributed by atoms with Crippen LogP contribution in [0.5, 0.6) is 5.75 Å². The molecule has 0 aliphatic rings. The zero-order chi connectivity index (χ0) is 28.2. The molecule has 4 aromatic rings. The SMILES string of the molecule is CCN(CC)CCN(C(=O)c1cccc(NS(=O)(=O)c2ccc(C)cc2)c1)c1nc2c(OC)ccc(Cl)c2s1. The fraction of sp³-hybridized carbons (Fsp3) is 0.286. The van der Waals surface area contributed by atoms with Gasteiger partial charge in [-0.3, -0.25) is 14.4 Å². The van der Waals surface area contributed by atoms with E-state index in [1.165, 1.54) is 11.3 Å². The number of carbonyl (C=O) groups is 1. The lowest BCUT2D eigenvalue weighted by molar-refractivity contribution is 0.0983. The maximum Gasteiger partial charge on any atom is 0.261 e. The fourth-order valence-electron chi connectivity index (χ4n) is 4.09. The summed E-state index contributed by atoms with van der Waals surface area (Å²) in [6, 6.07) is 16.5. The molecule has 206 valence electrons. The van der Waals surface area contributed by atoms with Crippen LogP contribution in [0.25, 0.3) is 10.2 Å². The third kappa shape index (κ3) is 6.52. The van der Waals surface area contributed by atoms with Crippen molar-refractivity contribution in [3.8, 4) is 5.75 Å². The lowest BCUT2D eigenvalue weighted by Gasteiger charge is -2.25. The Morgan fingerprint density at radius 1 is 1.05 bits per heavy atom. The highest BCUT2D eigenvalue weighted by atomic mass is 35.5. The van der Waals surface area contributed by atoms with Gasteiger partial charge in [0.1, 0.15) is 11.3 Å². The van der Waals surface area contributed by atoms with Crippen LogP contribution >= 0.6 is 22.9 Å². The smallest absolute Gasteiger partial charge is 0.261 e. The summed E-state index contributed by atoms with van der Waals surface area (Å²) in [5.41, 5.74) is 2.17. The number of nitrogens with one attached hydrogen (secondary N) is 1. The molecule has 0 saturated heterocycles. The number of thiazole rings is 1. The van der Waals surface area contributed by atoms with Crippen molar-refractivity contribution in [2.75, 3.05) is 42.9 Å². The maximum absolute atomic E-state index is 13.9. The number of carbonyl (C=O) groups excluding carboxylic acids is 1. The second-order valence-corrected chi connectivity index (χ2v) is 12.0. The zero-order valence-electron chi connectivity index (χ0n) is 22.3. The van der Waals surface area contributed by atoms with Gasteiger partial charge >= 0.3 is 0 Å². The van der Waals surface area contributed by atoms with Gasteiger partial charge < -0.3 is 9.64 Å². The van der Waals surface area contributed by atoms with Crippen LogP contribution in [0.3, 0.4) is 0 Å². The molecule has 8 nitrogen and oxygen atoms in total. The summed E-state index contributed by atoms with van der Waals surface area (Å²) in [6.07, 6.45) is 0. The molecule has 0 aliphatic carbocycles. The summed E-state index contributed by atoms with van der Waals surface area (Å²) in [5, 5.41) is 1.01. The first kappa shape index (κ1) is 28.8. The minimum absolute atomic E-state index is 0.144. The minimum atomic E-state index is -3.82. The van der Waals surface area contributed by atoms with Crippen LogP contribution in [-0.4, -0.2) is 57.5 Å². The second kappa shape index (κ2) is 12.3. The highest BCUT2D eigenvalue weighted by Crippen LogP contribution is 2.39. The van der Waals surface area contributed by atoms with Crippen molar-refractivity contribution in [1.82, 2.24) is 9.88 Å². The molecule has 1 amide bonds. The van der Waals surface area contributed by atoms with Gasteiger partial charge in [-0.2, -0.15) is 0 Å². The second-order valence-electron chi connectivity index (χ2n) is 8.91. The van der Waals surface area contributed by atoms with Gasteiger partial charge in [-0.05, 0) is 62.5 Å². The summed E-state index contributed by atoms with van der Waals surface area (Å²) >= 11 is 7.77. The van der Waals surface area contributed by atoms with Crippen LogP contribution in [0.15, 0.2) is 65.6 Å². The Morgan fingerprint density at radius 2 is 1.77 bits per heavy atom. The van der Waals surface area contributed by atoms with Crippen molar-refractivity contribution in [3.63, 3.8) is 0 Å². The topological polar surface area (TPSA) is 91.8 Å². The first-order valence-electron chi connectivity index (χ1n) is 12.5. The number of benzene rings is 3. The molecule has 0 bridgehead atoms. The Balaban J connectivity index is 1.68. The molecule has 0 fully saturated rings. The molecule has 0 aliphatic heterocycles. The minimum Gasteiger partial charge on any atom is -0.494 e. The highest BCUT2D eigenvalue weighted by molar-refractivity contribution is 7.92. The fourth-order valence-corrected chi connectivity index (χ4v) is 6.42. The molecular formula is C28H31ClN4O4S2. The van der Waals surface area contributed by atoms with Crippen LogP contribution in [0.2, 0.25) is 5.02 Å². The van der Waals surface area contributed by atoms with E-state index in [-0.39, 0.29) is 10.8 Å². The van der Waals surface area contributed by atoms with Gasteiger partial charge in [-0.15, -0.1) is 0 Å². The zero-order valence-corrected chi connectivity index (χ0v) is 24.7. The van der Waals surface area contributed by atoms with Crippen LogP contribution in [-0.2, 0) is 10.0 Å². The van der Waals surface area contributed by atoms with E-state index in [4.69, 9.17) is 21.3 Å². The summed E-state index contributed by atoms with van der Waals surface area (Å²) in [7, 11) is -2.26. The third-order valence-electron chi connectivity index (χ3n) is 6.37. The standard InChI is InChI=1S/C28H31ClN4O4S2/c1-5-32(6-2)16-17-33(28-30-25-24(37-4)15-14-23(29)26(25)38-28)27(34)20-8-7-9-21(18-20)31-39(35,36)22-12-10-19(3)11-13-22/h7-15,18,31H,5-6,16-17H2,1-4H3. The molecule has 1 N–H and O–H groups in total. The van der Waals surface area contributed by atoms with E-state index < -0.39 is 10.0 Å². The third-order valence-corrected chi connectivity index (χ3v) is 9.31. The Morgan fingerprint density at radius 3 is 2.44 bits per heavy atom. The van der Waals surface area contributed by atoms with Gasteiger partial charge in [0.2, 0.25) is 0 Å². The Bertz CT molecular complexity index is 1570. The summed E-state index contributed by atoms with van der Waals surface area (Å²) in [4.78, 5) is 22.6. The molecule has 0 spiro atoms. The number of aromatic nitrogens is 1. The highest BCUT2D eigenvalue weighted by Gasteiger charge is 2.24. The van der Waals surface area contributed by atoms with Crippen molar-refractivity contribution in [2.24, 2.45) is 0 Å². The number of aryl methyl sites for hydroxylation is 1. The van der Waals surface area contributed by atoms with Crippen molar-refractivity contribution < 1.29 is 17.9 Å². The molecule has 1 heterocycles. The van der Waals surface area contributed by atoms with E-state index in [1.807, 2.05) is 6.92 Å². The molecule has 39 heavy (non-hydrogen) atoms. The molecule has 0 saturated carbocycles. The van der Waals surface area contributed by atoms with E-state index in [0.29, 0.717) is 45.8 Å². The summed E-state index contributed by atoms with van der Waals surface area (Å²) in [6.45, 7) is 8.74. The van der Waals surface area contributed by atoms with Crippen LogP contribution < -0.4 is 14.4 Å². The van der Waals surface area contributed by atoms with Crippen molar-refractivity contribution in [3.05, 3.63) is 76.8 Å². The number of nitrogens with zero attached hydrogens (tertiary/aromatic N) is 3. The average Bonchev–Trinajstić information content (AvgIpc) is 3.37. The average molecular weight is 587 g/mol. The number of rotatable bonds is 11. The van der Waals surface area contributed by atoms with Crippen LogP contribution in [0.1, 0.15) is 29.8 Å². The van der Waals surface area contributed by atoms with Gasteiger partial charge in [0.05, 0.1) is 21.7 Å². The number of halogens is 1. The molecule has 0 atom stereocenters. The number of amides is 1. The van der Waals surface area contributed by atoms with Gasteiger partial charge in [0.25, 0.3) is 15.9 Å². The van der Waals surface area contributed by atoms with E-state index in [1.54, 1.807) is 72.7 Å². The Labute approximate surface area is 238 Å². The van der Waals surface area contributed by atoms with Crippen molar-refractivity contribution in [1.29, 1.82) is 0 Å². The molecular weight excluding hydrogens is 556 g/mol. The van der Waals surface area contributed by atoms with Gasteiger partial charge in [-0.25, -0.2) is 13.4 Å². The summed E-state index contributed by atoms with van der Waals surface area (Å²) < 4.78 is 34.7. The molecule has 4 rings (SSSR count). The number of hydrogen-bond acceptors (Lipinski definition) is 7. The van der Waals surface area contributed by atoms with Crippen molar-refractivity contribution in [2.45, 2.75) is 25.7 Å². The quantitative estimate of drug-likeness (QED) is 0.230. The molecule has 3 aromatic carbocycles. The number of methoxy groups -OCH3 is 1. The number of ether oxygens (including phenoxy) is 1. The predicted octanol–water partition coefficient (Wildman–Crippen LogP) is 6.06. The number of sulfonamides is 1. The predicted molar refractivity (Wildman–Crippen MR) is 159 cm³/mol. The van der Waals surface area contributed by atoms with Crippen molar-refractivity contribution >= 4 is 59.9 Å². The van der Waals surface area contributed by atoms with E-state index in [0.717, 1.165) is 23.4 Å². The summed E-state index contributed by atoms with van der Waals surface area (Å²) in [5.74, 6) is 0.272. The first-order chi connectivity index (χ1) is 18.7. The largest absolute Gasteiger partial charge is 0.494 e. The number of fused-ring (bicyclic) bond motifs is 1. The van der Waals surface area contributed by atoms with Crippen LogP contribution in [0.4, 0.5) is 10.8 Å². The van der Waals surface area contributed by atoms with Crippen LogP contribution in [0, 0.1) is 6.92 Å².